The SMILES string of the molecule is COC[C@H](c1cnn2cc([C@@H](N)C3CCC(F)(F)CC3)nc2c1)N1C[C@@H](C)NC1=O. The molecular weight excluding hydrogens is 394 g/mol. The maximum Gasteiger partial charge on any atom is 0.318 e. The lowest BCUT2D eigenvalue weighted by Crippen LogP contribution is -2.34. The summed E-state index contributed by atoms with van der Waals surface area (Å²) < 4.78 is 33.9. The number of amides is 2. The van der Waals surface area contributed by atoms with Crippen LogP contribution in [0.1, 0.15) is 55.9 Å². The highest BCUT2D eigenvalue weighted by Gasteiger charge is 2.38. The van der Waals surface area contributed by atoms with Crippen molar-refractivity contribution in [2.24, 2.45) is 11.7 Å². The Morgan fingerprint density at radius 1 is 1.40 bits per heavy atom. The molecule has 2 aromatic heterocycles. The molecule has 0 unspecified atom stereocenters. The molecule has 30 heavy (non-hydrogen) atoms. The molecule has 164 valence electrons. The van der Waals surface area contributed by atoms with Crippen LogP contribution in [0, 0.1) is 5.92 Å². The Kier molecular flexibility index (Phi) is 5.63. The Morgan fingerprint density at radius 2 is 2.13 bits per heavy atom. The van der Waals surface area contributed by atoms with Crippen LogP contribution in [0.15, 0.2) is 18.5 Å². The largest absolute Gasteiger partial charge is 0.382 e. The summed E-state index contributed by atoms with van der Waals surface area (Å²) in [7, 11) is 1.59. The average Bonchev–Trinajstić information content (AvgIpc) is 3.27. The van der Waals surface area contributed by atoms with Gasteiger partial charge in [-0.3, -0.25) is 0 Å². The molecule has 3 heterocycles. The number of ether oxygens (including phenoxy) is 1. The smallest absolute Gasteiger partial charge is 0.318 e. The van der Waals surface area contributed by atoms with E-state index in [0.717, 1.165) is 5.56 Å². The van der Waals surface area contributed by atoms with Gasteiger partial charge in [-0.2, -0.15) is 5.10 Å². The maximum absolute atomic E-state index is 13.5. The Hall–Kier alpha value is -2.33. The summed E-state index contributed by atoms with van der Waals surface area (Å²) in [4.78, 5) is 18.7. The summed E-state index contributed by atoms with van der Waals surface area (Å²) in [5.41, 5.74) is 8.44. The molecular formula is C20H28F2N6O2. The summed E-state index contributed by atoms with van der Waals surface area (Å²) in [6.07, 6.45) is 3.97. The van der Waals surface area contributed by atoms with Crippen LogP contribution >= 0.6 is 0 Å². The number of rotatable bonds is 6. The molecule has 0 radical (unpaired) electrons. The van der Waals surface area contributed by atoms with Gasteiger partial charge in [0.1, 0.15) is 0 Å². The fourth-order valence-electron chi connectivity index (χ4n) is 4.43. The minimum atomic E-state index is -2.58. The summed E-state index contributed by atoms with van der Waals surface area (Å²) in [5.74, 6) is -2.61. The van der Waals surface area contributed by atoms with Gasteiger partial charge in [-0.15, -0.1) is 0 Å². The number of fused-ring (bicyclic) bond motifs is 1. The number of halogens is 2. The van der Waals surface area contributed by atoms with E-state index in [4.69, 9.17) is 10.5 Å². The zero-order valence-electron chi connectivity index (χ0n) is 17.2. The standard InChI is InChI=1S/C20H28F2N6O2/c1-12-9-27(19(29)25-12)16(11-30-2)14-7-17-26-15(10-28(17)24-8-14)18(23)13-3-5-20(21,22)6-4-13/h7-8,10,12-13,16,18H,3-6,9,11,23H2,1-2H3,(H,25,29)/t12-,16-,18+/m1/s1. The van der Waals surface area contributed by atoms with Gasteiger partial charge in [-0.25, -0.2) is 23.1 Å². The minimum Gasteiger partial charge on any atom is -0.382 e. The molecule has 2 aromatic rings. The fourth-order valence-corrected chi connectivity index (χ4v) is 4.43. The first-order valence-electron chi connectivity index (χ1n) is 10.3. The number of imidazole rings is 1. The molecule has 4 rings (SSSR count). The van der Waals surface area contributed by atoms with E-state index in [1.807, 2.05) is 13.0 Å². The van der Waals surface area contributed by atoms with Gasteiger partial charge in [0.05, 0.1) is 36.8 Å². The molecule has 1 saturated carbocycles. The minimum absolute atomic E-state index is 0.0231. The molecule has 8 nitrogen and oxygen atoms in total. The molecule has 2 amide bonds. The van der Waals surface area contributed by atoms with Crippen molar-refractivity contribution < 1.29 is 18.3 Å². The molecule has 0 aromatic carbocycles. The highest BCUT2D eigenvalue weighted by molar-refractivity contribution is 5.77. The van der Waals surface area contributed by atoms with Crippen LogP contribution in [0.5, 0.6) is 0 Å². The van der Waals surface area contributed by atoms with Crippen LogP contribution < -0.4 is 11.1 Å². The second-order valence-electron chi connectivity index (χ2n) is 8.45. The monoisotopic (exact) mass is 422 g/mol. The van der Waals surface area contributed by atoms with Crippen LogP contribution in [-0.2, 0) is 4.74 Å². The number of hydrogen-bond acceptors (Lipinski definition) is 5. The maximum atomic E-state index is 13.5. The van der Waals surface area contributed by atoms with Crippen LogP contribution in [0.3, 0.4) is 0 Å². The Bertz CT molecular complexity index is 910. The van der Waals surface area contributed by atoms with E-state index in [9.17, 15) is 13.6 Å². The number of methoxy groups -OCH3 is 1. The van der Waals surface area contributed by atoms with Gasteiger partial charge in [-0.05, 0) is 31.7 Å². The van der Waals surface area contributed by atoms with Crippen molar-refractivity contribution in [3.8, 4) is 0 Å². The first-order valence-corrected chi connectivity index (χ1v) is 10.3. The van der Waals surface area contributed by atoms with Crippen LogP contribution in [0.2, 0.25) is 0 Å². The number of carbonyl (C=O) groups excluding carboxylic acids is 1. The summed E-state index contributed by atoms with van der Waals surface area (Å²) in [5, 5.41) is 7.33. The number of carbonyl (C=O) groups is 1. The lowest BCUT2D eigenvalue weighted by Gasteiger charge is -2.31. The van der Waals surface area contributed by atoms with E-state index in [0.29, 0.717) is 37.3 Å². The van der Waals surface area contributed by atoms with Crippen molar-refractivity contribution in [3.63, 3.8) is 0 Å². The van der Waals surface area contributed by atoms with E-state index < -0.39 is 12.0 Å². The van der Waals surface area contributed by atoms with Crippen LogP contribution in [-0.4, -0.2) is 57.8 Å². The fraction of sp³-hybridized carbons (Fsp3) is 0.650. The van der Waals surface area contributed by atoms with E-state index in [1.54, 1.807) is 28.9 Å². The van der Waals surface area contributed by atoms with Crippen LogP contribution in [0.4, 0.5) is 13.6 Å². The Morgan fingerprint density at radius 3 is 2.77 bits per heavy atom. The van der Waals surface area contributed by atoms with E-state index in [2.05, 4.69) is 15.4 Å². The lowest BCUT2D eigenvalue weighted by molar-refractivity contribution is -0.0484. The lowest BCUT2D eigenvalue weighted by atomic mass is 9.81. The number of nitrogens with one attached hydrogen (secondary N) is 1. The number of urea groups is 1. The quantitative estimate of drug-likeness (QED) is 0.746. The van der Waals surface area contributed by atoms with Gasteiger partial charge in [0.25, 0.3) is 0 Å². The second kappa shape index (κ2) is 8.07. The van der Waals surface area contributed by atoms with E-state index in [1.165, 1.54) is 0 Å². The topological polar surface area (TPSA) is 97.8 Å². The predicted octanol–water partition coefficient (Wildman–Crippen LogP) is 2.66. The highest BCUT2D eigenvalue weighted by atomic mass is 19.3. The molecule has 0 bridgehead atoms. The Balaban J connectivity index is 1.56. The summed E-state index contributed by atoms with van der Waals surface area (Å²) in [6.45, 7) is 2.86. The van der Waals surface area contributed by atoms with Gasteiger partial charge >= 0.3 is 6.03 Å². The van der Waals surface area contributed by atoms with Gasteiger partial charge in [0.15, 0.2) is 5.65 Å². The summed E-state index contributed by atoms with van der Waals surface area (Å²) >= 11 is 0. The summed E-state index contributed by atoms with van der Waals surface area (Å²) in [6, 6.07) is 1.10. The van der Waals surface area contributed by atoms with Gasteiger partial charge in [0.2, 0.25) is 5.92 Å². The van der Waals surface area contributed by atoms with E-state index >= 15 is 0 Å². The third kappa shape index (κ3) is 4.11. The third-order valence-corrected chi connectivity index (χ3v) is 6.16. The second-order valence-corrected chi connectivity index (χ2v) is 8.45. The van der Waals surface area contributed by atoms with Crippen molar-refractivity contribution in [2.75, 3.05) is 20.3 Å². The molecule has 1 aliphatic carbocycles. The molecule has 1 saturated heterocycles. The zero-order valence-corrected chi connectivity index (χ0v) is 17.2. The van der Waals surface area contributed by atoms with Crippen molar-refractivity contribution in [1.82, 2.24) is 24.8 Å². The number of alkyl halides is 2. The highest BCUT2D eigenvalue weighted by Crippen LogP contribution is 2.40. The molecule has 10 heteroatoms. The van der Waals surface area contributed by atoms with Crippen molar-refractivity contribution in [2.45, 2.75) is 56.7 Å². The van der Waals surface area contributed by atoms with Gasteiger partial charge in [0, 0.05) is 38.1 Å². The van der Waals surface area contributed by atoms with Gasteiger partial charge < -0.3 is 20.7 Å². The number of hydrogen-bond donors (Lipinski definition) is 2. The number of aromatic nitrogens is 3. The molecule has 0 spiro atoms. The molecule has 2 fully saturated rings. The van der Waals surface area contributed by atoms with Crippen molar-refractivity contribution in [3.05, 3.63) is 29.7 Å². The Labute approximate surface area is 173 Å². The van der Waals surface area contributed by atoms with E-state index in [-0.39, 0.29) is 36.9 Å². The molecule has 1 aliphatic heterocycles. The first-order chi connectivity index (χ1) is 14.3. The van der Waals surface area contributed by atoms with Crippen LogP contribution in [0.25, 0.3) is 5.65 Å². The van der Waals surface area contributed by atoms with Gasteiger partial charge in [-0.1, -0.05) is 0 Å². The molecule has 3 N–H and O–H groups in total. The first kappa shape index (κ1) is 20.9. The zero-order chi connectivity index (χ0) is 21.5. The number of nitrogens with two attached hydrogens (primary N) is 1. The predicted molar refractivity (Wildman–Crippen MR) is 106 cm³/mol. The molecule has 3 atom stereocenters. The van der Waals surface area contributed by atoms with Crippen molar-refractivity contribution in [1.29, 1.82) is 0 Å². The van der Waals surface area contributed by atoms with Crippen molar-refractivity contribution >= 4 is 11.7 Å². The average molecular weight is 422 g/mol. The number of nitrogens with zero attached hydrogens (tertiary/aromatic N) is 4. The third-order valence-electron chi connectivity index (χ3n) is 6.16. The molecule has 2 aliphatic rings. The normalized spacial score (nSPS) is 24.2.